The first-order chi connectivity index (χ1) is 31.0. The van der Waals surface area contributed by atoms with Crippen molar-refractivity contribution in [1.29, 1.82) is 0 Å². The van der Waals surface area contributed by atoms with Crippen LogP contribution in [0.5, 0.6) is 0 Å². The lowest BCUT2D eigenvalue weighted by molar-refractivity contribution is 0.660. The maximum atomic E-state index is 2.40. The molecule has 0 saturated heterocycles. The van der Waals surface area contributed by atoms with Gasteiger partial charge in [-0.2, -0.15) is 0 Å². The molecule has 1 aliphatic carbocycles. The van der Waals surface area contributed by atoms with E-state index in [0.717, 1.165) is 39.7 Å². The minimum Gasteiger partial charge on any atom is -0.310 e. The second-order valence-corrected chi connectivity index (χ2v) is 17.0. The Hall–Kier alpha value is -7.94. The molecule has 11 rings (SSSR count). The second-order valence-electron chi connectivity index (χ2n) is 17.0. The first kappa shape index (κ1) is 38.0. The van der Waals surface area contributed by atoms with Gasteiger partial charge < -0.3 is 9.80 Å². The third kappa shape index (κ3) is 6.87. The molecule has 0 unspecified atom stereocenters. The van der Waals surface area contributed by atoms with Gasteiger partial charge in [0.25, 0.3) is 0 Å². The summed E-state index contributed by atoms with van der Waals surface area (Å²) in [5.41, 5.74) is 19.1. The first-order valence-electron chi connectivity index (χ1n) is 21.8. The van der Waals surface area contributed by atoms with Crippen molar-refractivity contribution in [3.8, 4) is 44.5 Å². The number of hydrogen-bond donors (Lipinski definition) is 0. The fourth-order valence-corrected chi connectivity index (χ4v) is 9.72. The fourth-order valence-electron chi connectivity index (χ4n) is 9.72. The van der Waals surface area contributed by atoms with Gasteiger partial charge in [-0.05, 0) is 128 Å². The Kier molecular flexibility index (Phi) is 9.55. The average molecular weight is 807 g/mol. The van der Waals surface area contributed by atoms with Gasteiger partial charge in [-0.3, -0.25) is 0 Å². The molecule has 0 heterocycles. The summed E-state index contributed by atoms with van der Waals surface area (Å²) in [7, 11) is 0. The maximum absolute atomic E-state index is 2.40. The van der Waals surface area contributed by atoms with Crippen molar-refractivity contribution in [3.05, 3.63) is 254 Å². The lowest BCUT2D eigenvalue weighted by Gasteiger charge is -2.29. The summed E-state index contributed by atoms with van der Waals surface area (Å²) in [6.07, 6.45) is 0. The number of fused-ring (bicyclic) bond motifs is 4. The zero-order valence-corrected chi connectivity index (χ0v) is 35.5. The largest absolute Gasteiger partial charge is 0.310 e. The van der Waals surface area contributed by atoms with E-state index >= 15 is 0 Å². The topological polar surface area (TPSA) is 6.48 Å². The zero-order chi connectivity index (χ0) is 42.3. The van der Waals surface area contributed by atoms with E-state index in [1.165, 1.54) is 60.8 Å². The Morgan fingerprint density at radius 2 is 0.794 bits per heavy atom. The van der Waals surface area contributed by atoms with E-state index in [9.17, 15) is 0 Å². The zero-order valence-electron chi connectivity index (χ0n) is 35.5. The summed E-state index contributed by atoms with van der Waals surface area (Å²) in [6, 6.07) is 88.2. The van der Waals surface area contributed by atoms with Gasteiger partial charge in [0.2, 0.25) is 0 Å². The van der Waals surface area contributed by atoms with Gasteiger partial charge in [0, 0.05) is 39.4 Å². The summed E-state index contributed by atoms with van der Waals surface area (Å²) in [5, 5.41) is 2.45. The molecule has 63 heavy (non-hydrogen) atoms. The monoisotopic (exact) mass is 806 g/mol. The van der Waals surface area contributed by atoms with E-state index in [4.69, 9.17) is 0 Å². The molecular formula is C61H46N2. The minimum absolute atomic E-state index is 0.0885. The smallest absolute Gasteiger partial charge is 0.0546 e. The third-order valence-electron chi connectivity index (χ3n) is 12.8. The molecule has 0 fully saturated rings. The Balaban J connectivity index is 0.952. The van der Waals surface area contributed by atoms with Gasteiger partial charge in [-0.1, -0.05) is 190 Å². The van der Waals surface area contributed by atoms with Crippen molar-refractivity contribution < 1.29 is 0 Å². The Labute approximate surface area is 370 Å². The Morgan fingerprint density at radius 1 is 0.302 bits per heavy atom. The number of nitrogens with zero attached hydrogens (tertiary/aromatic N) is 2. The molecule has 10 aromatic rings. The van der Waals surface area contributed by atoms with Crippen molar-refractivity contribution >= 4 is 44.9 Å². The van der Waals surface area contributed by atoms with E-state index in [-0.39, 0.29) is 5.41 Å². The van der Waals surface area contributed by atoms with Crippen LogP contribution >= 0.6 is 0 Å². The van der Waals surface area contributed by atoms with Crippen LogP contribution in [0.1, 0.15) is 25.0 Å². The summed E-state index contributed by atoms with van der Waals surface area (Å²) in [5.74, 6) is 0. The van der Waals surface area contributed by atoms with Crippen LogP contribution < -0.4 is 9.80 Å². The molecule has 1 aliphatic rings. The fraction of sp³-hybridized carbons (Fsp3) is 0.0492. The molecule has 0 aromatic heterocycles. The van der Waals surface area contributed by atoms with E-state index in [1.54, 1.807) is 0 Å². The van der Waals surface area contributed by atoms with Crippen molar-refractivity contribution in [1.82, 2.24) is 0 Å². The van der Waals surface area contributed by atoms with E-state index in [0.29, 0.717) is 0 Å². The summed E-state index contributed by atoms with van der Waals surface area (Å²) in [4.78, 5) is 4.79. The highest BCUT2D eigenvalue weighted by atomic mass is 15.1. The van der Waals surface area contributed by atoms with Crippen molar-refractivity contribution in [2.24, 2.45) is 0 Å². The highest BCUT2D eigenvalue weighted by Gasteiger charge is 2.35. The molecular weight excluding hydrogens is 761 g/mol. The molecule has 10 aromatic carbocycles. The predicted molar refractivity (Wildman–Crippen MR) is 267 cm³/mol. The molecule has 0 spiro atoms. The average Bonchev–Trinajstić information content (AvgIpc) is 3.58. The van der Waals surface area contributed by atoms with Crippen molar-refractivity contribution in [3.63, 3.8) is 0 Å². The SMILES string of the molecule is CC1(C)c2ccccc2-c2ccc(N(c3ccccc3)c3cccc(-c4ccc(-c5cccc(N(c6ccccc6)c6ccc7ccccc7c6-c6ccccc6)c5)cc4)c3)cc21. The van der Waals surface area contributed by atoms with Gasteiger partial charge in [-0.25, -0.2) is 0 Å². The number of anilines is 6. The van der Waals surface area contributed by atoms with Crippen molar-refractivity contribution in [2.45, 2.75) is 19.3 Å². The predicted octanol–water partition coefficient (Wildman–Crippen LogP) is 17.1. The van der Waals surface area contributed by atoms with Gasteiger partial charge >= 0.3 is 0 Å². The minimum atomic E-state index is -0.0885. The number of rotatable bonds is 9. The van der Waals surface area contributed by atoms with Crippen LogP contribution in [0.4, 0.5) is 34.1 Å². The molecule has 300 valence electrons. The summed E-state index contributed by atoms with van der Waals surface area (Å²) < 4.78 is 0. The van der Waals surface area contributed by atoms with Crippen LogP contribution in [0.3, 0.4) is 0 Å². The molecule has 0 radical (unpaired) electrons. The lowest BCUT2D eigenvalue weighted by atomic mass is 9.82. The van der Waals surface area contributed by atoms with E-state index < -0.39 is 0 Å². The Bertz CT molecular complexity index is 3240. The molecule has 0 bridgehead atoms. The number of benzene rings is 10. The van der Waals surface area contributed by atoms with Gasteiger partial charge in [0.15, 0.2) is 0 Å². The van der Waals surface area contributed by atoms with Gasteiger partial charge in [-0.15, -0.1) is 0 Å². The van der Waals surface area contributed by atoms with E-state index in [1.807, 2.05) is 0 Å². The van der Waals surface area contributed by atoms with Crippen LogP contribution in [-0.4, -0.2) is 0 Å². The standard InChI is InChI=1S/C61H46N2/c1-61(2)57-31-15-14-30-55(57)56-38-37-53(42-58(56)61)62(49-23-8-4-9-24-49)51-27-16-21-47(40-51)43-32-34-44(35-33-43)48-22-17-28-52(41-48)63(50-25-10-5-11-26-50)59-39-36-45-18-12-13-29-54(45)60(59)46-19-6-3-7-20-46/h3-42H,1-2H3. The molecule has 0 atom stereocenters. The normalized spacial score (nSPS) is 12.4. The highest BCUT2D eigenvalue weighted by molar-refractivity contribution is 6.05. The molecule has 2 heteroatoms. The highest BCUT2D eigenvalue weighted by Crippen LogP contribution is 2.51. The molecule has 2 nitrogen and oxygen atoms in total. The van der Waals surface area contributed by atoms with Gasteiger partial charge in [0.05, 0.1) is 5.69 Å². The molecule has 0 N–H and O–H groups in total. The first-order valence-corrected chi connectivity index (χ1v) is 21.8. The summed E-state index contributed by atoms with van der Waals surface area (Å²) in [6.45, 7) is 4.70. The lowest BCUT2D eigenvalue weighted by Crippen LogP contribution is -2.16. The van der Waals surface area contributed by atoms with E-state index in [2.05, 4.69) is 266 Å². The Morgan fingerprint density at radius 3 is 1.46 bits per heavy atom. The quantitative estimate of drug-likeness (QED) is 0.143. The van der Waals surface area contributed by atoms with Crippen LogP contribution in [0.25, 0.3) is 55.3 Å². The molecule has 0 amide bonds. The van der Waals surface area contributed by atoms with Crippen molar-refractivity contribution in [2.75, 3.05) is 9.80 Å². The number of para-hydroxylation sites is 2. The molecule has 0 saturated carbocycles. The van der Waals surface area contributed by atoms with Crippen LogP contribution in [0.15, 0.2) is 243 Å². The number of hydrogen-bond acceptors (Lipinski definition) is 2. The van der Waals surface area contributed by atoms with Gasteiger partial charge in [0.1, 0.15) is 0 Å². The third-order valence-corrected chi connectivity index (χ3v) is 12.8. The van der Waals surface area contributed by atoms with Crippen LogP contribution in [0, 0.1) is 0 Å². The van der Waals surface area contributed by atoms with Crippen LogP contribution in [-0.2, 0) is 5.41 Å². The maximum Gasteiger partial charge on any atom is 0.0546 e. The second kappa shape index (κ2) is 15.8. The van der Waals surface area contributed by atoms with Crippen LogP contribution in [0.2, 0.25) is 0 Å². The summed E-state index contributed by atoms with van der Waals surface area (Å²) >= 11 is 0. The molecule has 0 aliphatic heterocycles.